The first-order valence-corrected chi connectivity index (χ1v) is 14.9. The van der Waals surface area contributed by atoms with Crippen LogP contribution in [0.2, 0.25) is 5.02 Å². The number of hydrogen-bond donors (Lipinski definition) is 2. The quantitative estimate of drug-likeness (QED) is 0.363. The molecular weight excluding hydrogens is 534 g/mol. The third-order valence-electron chi connectivity index (χ3n) is 5.05. The van der Waals surface area contributed by atoms with Crippen LogP contribution in [0.5, 0.6) is 0 Å². The van der Waals surface area contributed by atoms with Crippen LogP contribution in [0.15, 0.2) is 51.3 Å². The van der Waals surface area contributed by atoms with E-state index >= 15 is 0 Å². The first kappa shape index (κ1) is 27.4. The van der Waals surface area contributed by atoms with Crippen molar-refractivity contribution in [2.24, 2.45) is 5.14 Å². The number of carbonyl (C=O) groups is 1. The molecule has 0 aliphatic carbocycles. The van der Waals surface area contributed by atoms with Crippen molar-refractivity contribution < 1.29 is 21.6 Å². The lowest BCUT2D eigenvalue weighted by atomic mass is 10.3. The van der Waals surface area contributed by atoms with Crippen LogP contribution in [0.4, 0.5) is 5.69 Å². The largest absolute Gasteiger partial charge is 0.325 e. The molecule has 1 heterocycles. The van der Waals surface area contributed by atoms with Gasteiger partial charge in [0.15, 0.2) is 5.16 Å². The summed E-state index contributed by atoms with van der Waals surface area (Å²) >= 11 is 7.25. The molecule has 0 aliphatic rings. The van der Waals surface area contributed by atoms with Crippen LogP contribution in [0.25, 0.3) is 11.0 Å². The summed E-state index contributed by atoms with van der Waals surface area (Å²) in [5.74, 6) is -0.375. The molecule has 3 N–H and O–H groups in total. The number of carbonyl (C=O) groups excluding carboxylic acids is 1. The van der Waals surface area contributed by atoms with Crippen molar-refractivity contribution in [3.8, 4) is 0 Å². The van der Waals surface area contributed by atoms with E-state index in [1.54, 1.807) is 6.07 Å². The summed E-state index contributed by atoms with van der Waals surface area (Å²) in [5.41, 5.74) is 1.49. The molecule has 0 fully saturated rings. The molecule has 2 aromatic carbocycles. The molecule has 0 radical (unpaired) electrons. The van der Waals surface area contributed by atoms with Gasteiger partial charge in [0, 0.05) is 26.3 Å². The number of imidazole rings is 1. The van der Waals surface area contributed by atoms with Crippen molar-refractivity contribution in [1.29, 1.82) is 0 Å². The highest BCUT2D eigenvalue weighted by atomic mass is 35.5. The average molecular weight is 560 g/mol. The zero-order valence-electron chi connectivity index (χ0n) is 19.4. The molecule has 0 spiro atoms. The van der Waals surface area contributed by atoms with Gasteiger partial charge in [-0.2, -0.15) is 0 Å². The minimum atomic E-state index is -3.87. The lowest BCUT2D eigenvalue weighted by Gasteiger charge is -2.14. The van der Waals surface area contributed by atoms with Gasteiger partial charge in [0.1, 0.15) is 4.90 Å². The average Bonchev–Trinajstić information content (AvgIpc) is 3.13. The molecule has 190 valence electrons. The summed E-state index contributed by atoms with van der Waals surface area (Å²) in [6.45, 7) is 2.70. The van der Waals surface area contributed by atoms with Crippen molar-refractivity contribution in [1.82, 2.24) is 13.9 Å². The molecule has 0 saturated heterocycles. The zero-order chi connectivity index (χ0) is 26.0. The first-order valence-electron chi connectivity index (χ1n) is 10.5. The van der Waals surface area contributed by atoms with Crippen LogP contribution in [0.3, 0.4) is 0 Å². The number of aromatic nitrogens is 2. The fraction of sp³-hybridized carbons (Fsp3) is 0.333. The molecule has 1 amide bonds. The highest BCUT2D eigenvalue weighted by molar-refractivity contribution is 7.99. The predicted molar refractivity (Wildman–Crippen MR) is 138 cm³/mol. The molecule has 3 rings (SSSR count). The highest BCUT2D eigenvalue weighted by Crippen LogP contribution is 2.29. The minimum Gasteiger partial charge on any atom is -0.325 e. The van der Waals surface area contributed by atoms with Crippen LogP contribution >= 0.6 is 23.4 Å². The number of thioether (sulfide) groups is 1. The Labute approximate surface area is 213 Å². The number of amides is 1. The van der Waals surface area contributed by atoms with Crippen molar-refractivity contribution >= 4 is 66.0 Å². The number of unbranched alkanes of at least 4 members (excludes halogenated alkanes) is 1. The van der Waals surface area contributed by atoms with Crippen LogP contribution in [0.1, 0.15) is 19.8 Å². The number of primary sulfonamides is 1. The van der Waals surface area contributed by atoms with Crippen LogP contribution in [0, 0.1) is 0 Å². The number of benzene rings is 2. The number of anilines is 1. The third kappa shape index (κ3) is 6.35. The van der Waals surface area contributed by atoms with Crippen LogP contribution < -0.4 is 10.5 Å². The molecular formula is C21H26ClN5O5S3. The molecule has 0 bridgehead atoms. The van der Waals surface area contributed by atoms with E-state index in [9.17, 15) is 21.6 Å². The monoisotopic (exact) mass is 559 g/mol. The maximum absolute atomic E-state index is 12.6. The number of aryl methyl sites for hydroxylation is 1. The molecule has 0 aliphatic heterocycles. The summed E-state index contributed by atoms with van der Waals surface area (Å²) in [4.78, 5) is 17.0. The van der Waals surface area contributed by atoms with Crippen LogP contribution in [-0.2, 0) is 31.4 Å². The first-order chi connectivity index (χ1) is 16.3. The Balaban J connectivity index is 1.82. The lowest BCUT2D eigenvalue weighted by molar-refractivity contribution is -0.113. The third-order valence-corrected chi connectivity index (χ3v) is 9.24. The molecule has 14 heteroatoms. The molecule has 0 atom stereocenters. The number of rotatable bonds is 10. The molecule has 1 aromatic heterocycles. The SMILES string of the molecule is CCCCn1c(SCC(=O)Nc2ccc(Cl)c(S(=O)(=O)N(C)C)c2)nc2cc(S(N)(=O)=O)ccc21. The van der Waals surface area contributed by atoms with E-state index in [1.807, 2.05) is 4.57 Å². The number of nitrogens with zero attached hydrogens (tertiary/aromatic N) is 3. The Morgan fingerprint density at radius 2 is 1.89 bits per heavy atom. The van der Waals surface area contributed by atoms with Gasteiger partial charge in [-0.15, -0.1) is 0 Å². The van der Waals surface area contributed by atoms with E-state index < -0.39 is 20.0 Å². The maximum atomic E-state index is 12.6. The Bertz CT molecular complexity index is 1470. The second kappa shape index (κ2) is 10.8. The number of sulfonamides is 2. The van der Waals surface area contributed by atoms with E-state index in [2.05, 4.69) is 17.2 Å². The minimum absolute atomic E-state index is 0.00409. The van der Waals surface area contributed by atoms with E-state index in [4.69, 9.17) is 16.7 Å². The normalized spacial score (nSPS) is 12.4. The Morgan fingerprint density at radius 3 is 2.51 bits per heavy atom. The fourth-order valence-electron chi connectivity index (χ4n) is 3.21. The summed E-state index contributed by atoms with van der Waals surface area (Å²) in [7, 11) is -4.87. The topological polar surface area (TPSA) is 144 Å². The Kier molecular flexibility index (Phi) is 8.50. The highest BCUT2D eigenvalue weighted by Gasteiger charge is 2.22. The van der Waals surface area contributed by atoms with Crippen LogP contribution in [-0.4, -0.2) is 56.4 Å². The summed E-state index contributed by atoms with van der Waals surface area (Å²) in [6.07, 6.45) is 1.81. The van der Waals surface area contributed by atoms with E-state index in [-0.39, 0.29) is 32.2 Å². The molecule has 0 unspecified atom stereocenters. The fourth-order valence-corrected chi connectivity index (χ4v) is 5.98. The predicted octanol–water partition coefficient (Wildman–Crippen LogP) is 3.12. The van der Waals surface area contributed by atoms with Gasteiger partial charge in [-0.3, -0.25) is 4.79 Å². The molecule has 0 saturated carbocycles. The van der Waals surface area contributed by atoms with Gasteiger partial charge >= 0.3 is 0 Å². The Morgan fingerprint density at radius 1 is 1.17 bits per heavy atom. The second-order valence-electron chi connectivity index (χ2n) is 7.86. The maximum Gasteiger partial charge on any atom is 0.244 e. The van der Waals surface area contributed by atoms with Crippen molar-refractivity contribution in [2.45, 2.75) is 41.3 Å². The lowest BCUT2D eigenvalue weighted by Crippen LogP contribution is -2.23. The van der Waals surface area contributed by atoms with Crippen molar-refractivity contribution in [3.05, 3.63) is 41.4 Å². The number of hydrogen-bond acceptors (Lipinski definition) is 7. The van der Waals surface area contributed by atoms with Crippen molar-refractivity contribution in [2.75, 3.05) is 25.2 Å². The van der Waals surface area contributed by atoms with Gasteiger partial charge in [-0.05, 0) is 42.8 Å². The molecule has 10 nitrogen and oxygen atoms in total. The number of fused-ring (bicyclic) bond motifs is 1. The standard InChI is InChI=1S/C21H26ClN5O5S3/c1-4-5-10-27-18-9-7-15(34(23,29)30)12-17(18)25-21(27)33-13-20(28)24-14-6-8-16(22)19(11-14)35(31,32)26(2)3/h6-9,11-12H,4-5,10,13H2,1-3H3,(H,24,28)(H2,23,29,30). The summed E-state index contributed by atoms with van der Waals surface area (Å²) in [6, 6.07) is 8.74. The smallest absolute Gasteiger partial charge is 0.244 e. The summed E-state index contributed by atoms with van der Waals surface area (Å²) in [5, 5.41) is 8.53. The van der Waals surface area contributed by atoms with Gasteiger partial charge in [0.25, 0.3) is 0 Å². The van der Waals surface area contributed by atoms with Gasteiger partial charge in [-0.25, -0.2) is 31.3 Å². The zero-order valence-corrected chi connectivity index (χ0v) is 22.6. The second-order valence-corrected chi connectivity index (χ2v) is 12.9. The number of nitrogens with two attached hydrogens (primary N) is 1. The molecule has 35 heavy (non-hydrogen) atoms. The van der Waals surface area contributed by atoms with Crippen molar-refractivity contribution in [3.63, 3.8) is 0 Å². The van der Waals surface area contributed by atoms with E-state index in [0.717, 1.165) is 22.7 Å². The van der Waals surface area contributed by atoms with E-state index in [1.165, 1.54) is 56.2 Å². The number of nitrogens with one attached hydrogen (secondary N) is 1. The van der Waals surface area contributed by atoms with Gasteiger partial charge in [0.2, 0.25) is 26.0 Å². The Hall–Kier alpha value is -2.16. The number of halogens is 1. The van der Waals surface area contributed by atoms with Gasteiger partial charge in [-0.1, -0.05) is 36.7 Å². The van der Waals surface area contributed by atoms with Gasteiger partial charge in [0.05, 0.1) is 26.7 Å². The van der Waals surface area contributed by atoms with E-state index in [0.29, 0.717) is 17.2 Å². The molecule has 3 aromatic rings. The summed E-state index contributed by atoms with van der Waals surface area (Å²) < 4.78 is 51.3. The van der Waals surface area contributed by atoms with Gasteiger partial charge < -0.3 is 9.88 Å².